The van der Waals surface area contributed by atoms with E-state index < -0.39 is 18.1 Å². The molecule has 1 heterocycles. The van der Waals surface area contributed by atoms with Crippen molar-refractivity contribution in [3.63, 3.8) is 0 Å². The first-order valence-electron chi connectivity index (χ1n) is 10.2. The first-order valence-corrected chi connectivity index (χ1v) is 10.2. The monoisotopic (exact) mass is 484 g/mol. The van der Waals surface area contributed by atoms with Crippen LogP contribution in [0.4, 0.5) is 14.5 Å². The predicted octanol–water partition coefficient (Wildman–Crippen LogP) is 3.65. The van der Waals surface area contributed by atoms with Gasteiger partial charge >= 0.3 is 6.61 Å². The van der Waals surface area contributed by atoms with Crippen molar-refractivity contribution < 1.29 is 27.8 Å². The van der Waals surface area contributed by atoms with E-state index in [0.717, 1.165) is 0 Å². The molecule has 2 aromatic carbocycles. The Balaban J connectivity index is 1.98. The quantitative estimate of drug-likeness (QED) is 0.386. The van der Waals surface area contributed by atoms with E-state index >= 15 is 0 Å². The zero-order chi connectivity index (χ0) is 25.7. The maximum Gasteiger partial charge on any atom is 0.387 e. The lowest BCUT2D eigenvalue weighted by Crippen LogP contribution is -2.23. The molecule has 1 amide bonds. The van der Waals surface area contributed by atoms with Crippen molar-refractivity contribution in [2.24, 2.45) is 7.05 Å². The molecule has 182 valence electrons. The second-order valence-electron chi connectivity index (χ2n) is 7.19. The van der Waals surface area contributed by atoms with Gasteiger partial charge in [-0.15, -0.1) is 0 Å². The number of benzene rings is 2. The van der Waals surface area contributed by atoms with Crippen LogP contribution < -0.4 is 25.1 Å². The number of nitrogens with zero attached hydrogens (tertiary/aromatic N) is 3. The van der Waals surface area contributed by atoms with Crippen LogP contribution in [-0.2, 0) is 11.8 Å². The molecule has 0 radical (unpaired) electrons. The van der Waals surface area contributed by atoms with Crippen LogP contribution in [0.2, 0.25) is 0 Å². The van der Waals surface area contributed by atoms with E-state index in [2.05, 4.69) is 10.1 Å². The highest BCUT2D eigenvalue weighted by Gasteiger charge is 2.21. The van der Waals surface area contributed by atoms with Crippen molar-refractivity contribution >= 4 is 17.7 Å². The lowest BCUT2D eigenvalue weighted by molar-refractivity contribution is -0.112. The number of hydrogen-bond acceptors (Lipinski definition) is 6. The molecular weight excluding hydrogens is 462 g/mol. The number of amides is 1. The van der Waals surface area contributed by atoms with Crippen molar-refractivity contribution in [2.75, 3.05) is 19.5 Å². The summed E-state index contributed by atoms with van der Waals surface area (Å²) in [5.74, 6) is -1.33. The summed E-state index contributed by atoms with van der Waals surface area (Å²) in [7, 11) is 4.16. The number of methoxy groups -OCH3 is 2. The number of carbonyl (C=O) groups excluding carboxylic acids is 1. The van der Waals surface area contributed by atoms with Gasteiger partial charge in [-0.1, -0.05) is 18.2 Å². The van der Waals surface area contributed by atoms with Crippen molar-refractivity contribution in [1.29, 1.82) is 5.26 Å². The maximum atomic E-state index is 13.0. The fourth-order valence-corrected chi connectivity index (χ4v) is 3.40. The van der Waals surface area contributed by atoms with Crippen LogP contribution >= 0.6 is 0 Å². The molecule has 0 bridgehead atoms. The summed E-state index contributed by atoms with van der Waals surface area (Å²) in [5.41, 5.74) is 0.521. The van der Waals surface area contributed by atoms with Crippen LogP contribution in [0.3, 0.4) is 0 Å². The lowest BCUT2D eigenvalue weighted by Gasteiger charge is -2.14. The zero-order valence-electron chi connectivity index (χ0n) is 19.3. The smallest absolute Gasteiger partial charge is 0.387 e. The van der Waals surface area contributed by atoms with E-state index in [0.29, 0.717) is 11.4 Å². The van der Waals surface area contributed by atoms with Gasteiger partial charge in [0.1, 0.15) is 17.3 Å². The van der Waals surface area contributed by atoms with Crippen LogP contribution in [0.15, 0.2) is 52.8 Å². The minimum Gasteiger partial charge on any atom is -0.493 e. The largest absolute Gasteiger partial charge is 0.493 e. The SMILES string of the molecule is COc1cc(/C=C(\C#N)C(=O)Nc2c(C)n(C)n(-c3ccccc3)c2=O)cc(OC)c1OC(F)F. The van der Waals surface area contributed by atoms with Gasteiger partial charge in [-0.25, -0.2) is 4.68 Å². The number of nitriles is 1. The topological polar surface area (TPSA) is 108 Å². The summed E-state index contributed by atoms with van der Waals surface area (Å²) >= 11 is 0. The summed E-state index contributed by atoms with van der Waals surface area (Å²) in [6.45, 7) is -1.46. The Hall–Kier alpha value is -4.59. The Kier molecular flexibility index (Phi) is 7.56. The molecule has 0 spiro atoms. The van der Waals surface area contributed by atoms with Crippen LogP contribution in [0.25, 0.3) is 11.8 Å². The molecule has 0 saturated carbocycles. The number of carbonyl (C=O) groups is 1. The molecule has 0 unspecified atom stereocenters. The average molecular weight is 484 g/mol. The predicted molar refractivity (Wildman–Crippen MR) is 124 cm³/mol. The number of ether oxygens (including phenoxy) is 3. The summed E-state index contributed by atoms with van der Waals surface area (Å²) in [6.07, 6.45) is 1.21. The number of anilines is 1. The Morgan fingerprint density at radius 2 is 1.74 bits per heavy atom. The van der Waals surface area contributed by atoms with E-state index in [1.54, 1.807) is 49.0 Å². The van der Waals surface area contributed by atoms with Gasteiger partial charge in [0.25, 0.3) is 11.5 Å². The van der Waals surface area contributed by atoms with Crippen LogP contribution in [0.1, 0.15) is 11.3 Å². The minimum atomic E-state index is -3.12. The second-order valence-corrected chi connectivity index (χ2v) is 7.19. The molecule has 9 nitrogen and oxygen atoms in total. The highest BCUT2D eigenvalue weighted by Crippen LogP contribution is 2.40. The molecule has 0 atom stereocenters. The molecule has 3 rings (SSSR count). The molecule has 0 aliphatic carbocycles. The van der Waals surface area contributed by atoms with E-state index in [1.165, 1.54) is 37.1 Å². The van der Waals surface area contributed by atoms with Gasteiger partial charge < -0.3 is 19.5 Å². The van der Waals surface area contributed by atoms with Crippen molar-refractivity contribution in [3.8, 4) is 29.0 Å². The fourth-order valence-electron chi connectivity index (χ4n) is 3.40. The molecule has 3 aromatic rings. The molecule has 35 heavy (non-hydrogen) atoms. The molecule has 0 saturated heterocycles. The van der Waals surface area contributed by atoms with Gasteiger partial charge in [0.2, 0.25) is 5.75 Å². The number of nitrogens with one attached hydrogen (secondary N) is 1. The third-order valence-electron chi connectivity index (χ3n) is 5.16. The molecule has 0 aliphatic heterocycles. The number of hydrogen-bond donors (Lipinski definition) is 1. The Morgan fingerprint density at radius 1 is 1.14 bits per heavy atom. The van der Waals surface area contributed by atoms with Gasteiger partial charge in [0, 0.05) is 7.05 Å². The molecule has 1 N–H and O–H groups in total. The first-order chi connectivity index (χ1) is 16.7. The van der Waals surface area contributed by atoms with E-state index in [9.17, 15) is 23.6 Å². The molecule has 0 aliphatic rings. The van der Waals surface area contributed by atoms with Gasteiger partial charge in [0.15, 0.2) is 11.5 Å². The van der Waals surface area contributed by atoms with Crippen LogP contribution in [0.5, 0.6) is 17.2 Å². The lowest BCUT2D eigenvalue weighted by atomic mass is 10.1. The fraction of sp³-hybridized carbons (Fsp3) is 0.208. The summed E-state index contributed by atoms with van der Waals surface area (Å²) in [6, 6.07) is 13.3. The summed E-state index contributed by atoms with van der Waals surface area (Å²) in [4.78, 5) is 25.9. The summed E-state index contributed by atoms with van der Waals surface area (Å²) in [5, 5.41) is 12.1. The summed E-state index contributed by atoms with van der Waals surface area (Å²) < 4.78 is 43.1. The third-order valence-corrected chi connectivity index (χ3v) is 5.16. The van der Waals surface area contributed by atoms with Crippen LogP contribution in [-0.4, -0.2) is 36.1 Å². The van der Waals surface area contributed by atoms with Crippen molar-refractivity contribution in [1.82, 2.24) is 9.36 Å². The minimum absolute atomic E-state index is 0.0124. The molecule has 11 heteroatoms. The van der Waals surface area contributed by atoms with Crippen molar-refractivity contribution in [2.45, 2.75) is 13.5 Å². The number of halogens is 2. The highest BCUT2D eigenvalue weighted by molar-refractivity contribution is 6.09. The number of alkyl halides is 2. The van der Waals surface area contributed by atoms with E-state index in [-0.39, 0.29) is 34.1 Å². The molecule has 0 fully saturated rings. The van der Waals surface area contributed by atoms with E-state index in [4.69, 9.17) is 9.47 Å². The zero-order valence-corrected chi connectivity index (χ0v) is 19.3. The Labute approximate surface area is 199 Å². The standard InChI is InChI=1S/C24H22F2N4O5/c1-14-20(23(32)30(29(14)2)17-8-6-5-7-9-17)28-22(31)16(13-27)10-15-11-18(33-3)21(35-24(25)26)19(12-15)34-4/h5-12,24H,1-4H3,(H,28,31)/b16-10+. The molecule has 1 aromatic heterocycles. The normalized spacial score (nSPS) is 11.2. The molecular formula is C24H22F2N4O5. The van der Waals surface area contributed by atoms with Crippen LogP contribution in [0, 0.1) is 18.3 Å². The van der Waals surface area contributed by atoms with E-state index in [1.807, 2.05) is 6.07 Å². The highest BCUT2D eigenvalue weighted by atomic mass is 19.3. The van der Waals surface area contributed by atoms with Gasteiger partial charge in [-0.05, 0) is 42.8 Å². The maximum absolute atomic E-state index is 13.0. The third kappa shape index (κ3) is 5.16. The Bertz CT molecular complexity index is 1350. The number of para-hydroxylation sites is 1. The second kappa shape index (κ2) is 10.6. The first kappa shape index (κ1) is 25.0. The number of rotatable bonds is 8. The number of aromatic nitrogens is 2. The van der Waals surface area contributed by atoms with Gasteiger partial charge in [0.05, 0.1) is 25.6 Å². The van der Waals surface area contributed by atoms with Crippen molar-refractivity contribution in [3.05, 3.63) is 69.6 Å². The average Bonchev–Trinajstić information content (AvgIpc) is 3.05. The Morgan fingerprint density at radius 3 is 2.26 bits per heavy atom. The van der Waals surface area contributed by atoms with Gasteiger partial charge in [-0.3, -0.25) is 14.3 Å². The van der Waals surface area contributed by atoms with Gasteiger partial charge in [-0.2, -0.15) is 14.0 Å².